The van der Waals surface area contributed by atoms with Crippen LogP contribution in [-0.4, -0.2) is 60.2 Å². The third kappa shape index (κ3) is 5.38. The Morgan fingerprint density at radius 3 is 2.74 bits per heavy atom. The zero-order valence-corrected chi connectivity index (χ0v) is 23.4. The number of fused-ring (bicyclic) bond motifs is 2. The lowest BCUT2D eigenvalue weighted by Crippen LogP contribution is -2.58. The zero-order valence-electron chi connectivity index (χ0n) is 22.5. The summed E-state index contributed by atoms with van der Waals surface area (Å²) in [5, 5.41) is 20.0. The fourth-order valence-corrected chi connectivity index (χ4v) is 6.45. The summed E-state index contributed by atoms with van der Waals surface area (Å²) in [5.41, 5.74) is 3.54. The monoisotopic (exact) mass is 614 g/mol. The number of alkyl halides is 5. The number of likely N-dealkylation sites (tertiary alicyclic amines) is 1. The summed E-state index contributed by atoms with van der Waals surface area (Å²) in [4.78, 5) is 22.3. The van der Waals surface area contributed by atoms with Crippen LogP contribution in [0.15, 0.2) is 43.0 Å². The molecular formula is C28H23F5N8OS. The van der Waals surface area contributed by atoms with E-state index in [1.165, 1.54) is 6.07 Å². The van der Waals surface area contributed by atoms with Crippen molar-refractivity contribution in [2.24, 2.45) is 0 Å². The number of anilines is 1. The molecule has 222 valence electrons. The third-order valence-electron chi connectivity index (χ3n) is 7.60. The highest BCUT2D eigenvalue weighted by molar-refractivity contribution is 7.18. The van der Waals surface area contributed by atoms with Gasteiger partial charge >= 0.3 is 12.1 Å². The number of nitrogens with zero attached hydrogens (tertiary/aromatic N) is 6. The molecule has 0 bridgehead atoms. The number of H-pyrrole nitrogens is 1. The SMILES string of the molecule is Cc1c(CN2CCC(Nc3ncnc4sc(CC(F)(F)F)cc34)C(F)(F)C2=O)ccc2c1cc(C#N)n2Cc1cn[nH]c1. The van der Waals surface area contributed by atoms with Crippen molar-refractivity contribution >= 4 is 44.2 Å². The number of aromatic amines is 1. The number of benzene rings is 1. The van der Waals surface area contributed by atoms with Crippen molar-refractivity contribution in [3.8, 4) is 6.07 Å². The van der Waals surface area contributed by atoms with Crippen LogP contribution in [0.4, 0.5) is 27.8 Å². The van der Waals surface area contributed by atoms with Gasteiger partial charge in [-0.15, -0.1) is 11.3 Å². The van der Waals surface area contributed by atoms with E-state index < -0.39 is 30.5 Å². The van der Waals surface area contributed by atoms with E-state index in [1.54, 1.807) is 24.5 Å². The van der Waals surface area contributed by atoms with Gasteiger partial charge in [-0.05, 0) is 42.7 Å². The van der Waals surface area contributed by atoms with Crippen molar-refractivity contribution < 1.29 is 26.7 Å². The molecule has 1 fully saturated rings. The van der Waals surface area contributed by atoms with Crippen LogP contribution in [0, 0.1) is 18.3 Å². The number of carbonyl (C=O) groups excluding carboxylic acids is 1. The molecule has 43 heavy (non-hydrogen) atoms. The number of hydrogen-bond donors (Lipinski definition) is 2. The van der Waals surface area contributed by atoms with E-state index in [2.05, 4.69) is 31.6 Å². The van der Waals surface area contributed by atoms with Gasteiger partial charge in [0.05, 0.1) is 24.5 Å². The smallest absolute Gasteiger partial charge is 0.360 e. The highest BCUT2D eigenvalue weighted by Gasteiger charge is 2.53. The summed E-state index contributed by atoms with van der Waals surface area (Å²) in [6, 6.07) is 7.15. The van der Waals surface area contributed by atoms with E-state index in [1.807, 2.05) is 17.6 Å². The lowest BCUT2D eigenvalue weighted by atomic mass is 9.97. The molecule has 4 aromatic heterocycles. The van der Waals surface area contributed by atoms with E-state index in [0.717, 1.165) is 44.6 Å². The predicted molar refractivity (Wildman–Crippen MR) is 149 cm³/mol. The largest absolute Gasteiger partial charge is 0.393 e. The topological polar surface area (TPSA) is 116 Å². The number of amides is 1. The number of piperidine rings is 1. The Balaban J connectivity index is 1.21. The van der Waals surface area contributed by atoms with Gasteiger partial charge in [0, 0.05) is 40.6 Å². The Labute approximate surface area is 245 Å². The first-order valence-corrected chi connectivity index (χ1v) is 14.0. The zero-order chi connectivity index (χ0) is 30.5. The van der Waals surface area contributed by atoms with Gasteiger partial charge in [-0.25, -0.2) is 9.97 Å². The van der Waals surface area contributed by atoms with Crippen molar-refractivity contribution in [1.82, 2.24) is 29.6 Å². The van der Waals surface area contributed by atoms with Crippen LogP contribution in [-0.2, 0) is 24.3 Å². The number of aromatic nitrogens is 5. The van der Waals surface area contributed by atoms with Crippen LogP contribution >= 0.6 is 11.3 Å². The van der Waals surface area contributed by atoms with E-state index in [9.17, 15) is 23.2 Å². The number of nitriles is 1. The van der Waals surface area contributed by atoms with E-state index in [0.29, 0.717) is 17.8 Å². The number of hydrogen-bond acceptors (Lipinski definition) is 7. The number of aryl methyl sites for hydroxylation is 1. The van der Waals surface area contributed by atoms with Crippen molar-refractivity contribution in [3.05, 3.63) is 70.2 Å². The highest BCUT2D eigenvalue weighted by atomic mass is 32.1. The Bertz CT molecular complexity index is 1870. The van der Waals surface area contributed by atoms with E-state index in [-0.39, 0.29) is 40.4 Å². The van der Waals surface area contributed by atoms with Gasteiger partial charge in [-0.2, -0.15) is 32.3 Å². The van der Waals surface area contributed by atoms with E-state index in [4.69, 9.17) is 0 Å². The minimum Gasteiger partial charge on any atom is -0.360 e. The second-order valence-corrected chi connectivity index (χ2v) is 11.5. The van der Waals surface area contributed by atoms with Crippen LogP contribution in [0.5, 0.6) is 0 Å². The molecule has 15 heteroatoms. The molecule has 1 amide bonds. The van der Waals surface area contributed by atoms with Crippen molar-refractivity contribution in [1.29, 1.82) is 5.26 Å². The second-order valence-electron chi connectivity index (χ2n) is 10.4. The van der Waals surface area contributed by atoms with Crippen LogP contribution in [0.1, 0.15) is 33.7 Å². The Morgan fingerprint density at radius 1 is 1.21 bits per heavy atom. The summed E-state index contributed by atoms with van der Waals surface area (Å²) in [6.07, 6.45) is -1.23. The molecule has 5 aromatic rings. The Hall–Kier alpha value is -4.58. The molecule has 5 heterocycles. The standard InChI is InChI=1S/C28H23F5N8OS/c1-15-17(2-3-22-20(15)6-18(9-34)41(22)12-16-10-37-38-11-16)13-40-5-4-23(28(32,33)26(40)42)39-24-21-7-19(8-27(29,30)31)43-25(21)36-14-35-24/h2-3,6-7,10-11,14,23H,4-5,8,12-13H2,1H3,(H,37,38)(H,35,36,39). The van der Waals surface area contributed by atoms with Crippen LogP contribution in [0.3, 0.4) is 0 Å². The molecule has 1 aliphatic rings. The molecule has 1 saturated heterocycles. The lowest BCUT2D eigenvalue weighted by Gasteiger charge is -2.38. The molecule has 0 saturated carbocycles. The van der Waals surface area contributed by atoms with E-state index >= 15 is 8.78 Å². The maximum atomic E-state index is 15.5. The summed E-state index contributed by atoms with van der Waals surface area (Å²) in [7, 11) is 0. The summed E-state index contributed by atoms with van der Waals surface area (Å²) < 4.78 is 71.4. The number of rotatable bonds is 7. The van der Waals surface area contributed by atoms with Crippen molar-refractivity contribution in [2.45, 2.75) is 51.0 Å². The molecule has 1 atom stereocenters. The number of thiophene rings is 1. The van der Waals surface area contributed by atoms with Crippen LogP contribution in [0.2, 0.25) is 0 Å². The van der Waals surface area contributed by atoms with Gasteiger partial charge < -0.3 is 14.8 Å². The maximum Gasteiger partial charge on any atom is 0.393 e. The molecule has 6 rings (SSSR count). The first kappa shape index (κ1) is 28.5. The number of carbonyl (C=O) groups is 1. The average molecular weight is 615 g/mol. The Morgan fingerprint density at radius 2 is 2.02 bits per heavy atom. The fraction of sp³-hybridized carbons (Fsp3) is 0.321. The summed E-state index contributed by atoms with van der Waals surface area (Å²) in [6.45, 7) is 2.21. The molecule has 1 aromatic carbocycles. The lowest BCUT2D eigenvalue weighted by molar-refractivity contribution is -0.166. The number of nitrogens with one attached hydrogen (secondary N) is 2. The molecule has 0 radical (unpaired) electrons. The van der Waals surface area contributed by atoms with Crippen molar-refractivity contribution in [2.75, 3.05) is 11.9 Å². The van der Waals surface area contributed by atoms with Gasteiger partial charge in [-0.1, -0.05) is 6.07 Å². The normalized spacial score (nSPS) is 17.1. The molecule has 1 aliphatic heterocycles. The first-order chi connectivity index (χ1) is 20.4. The summed E-state index contributed by atoms with van der Waals surface area (Å²) >= 11 is 0.812. The highest BCUT2D eigenvalue weighted by Crippen LogP contribution is 2.37. The second kappa shape index (κ2) is 10.6. The van der Waals surface area contributed by atoms with Crippen LogP contribution in [0.25, 0.3) is 21.1 Å². The van der Waals surface area contributed by atoms with Crippen LogP contribution < -0.4 is 5.32 Å². The third-order valence-corrected chi connectivity index (χ3v) is 8.64. The molecule has 0 aliphatic carbocycles. The molecular weight excluding hydrogens is 591 g/mol. The van der Waals surface area contributed by atoms with Gasteiger partial charge in [0.15, 0.2) is 0 Å². The first-order valence-electron chi connectivity index (χ1n) is 13.2. The predicted octanol–water partition coefficient (Wildman–Crippen LogP) is 5.55. The quantitative estimate of drug-likeness (QED) is 0.232. The molecule has 0 spiro atoms. The average Bonchev–Trinajstić information content (AvgIpc) is 3.69. The minimum atomic E-state index is -4.43. The molecule has 9 nitrogen and oxygen atoms in total. The number of halogens is 5. The fourth-order valence-electron chi connectivity index (χ4n) is 5.42. The van der Waals surface area contributed by atoms with Gasteiger partial charge in [0.25, 0.3) is 5.91 Å². The molecule has 1 unspecified atom stereocenters. The summed E-state index contributed by atoms with van der Waals surface area (Å²) in [5.74, 6) is -5.21. The van der Waals surface area contributed by atoms with Crippen molar-refractivity contribution in [3.63, 3.8) is 0 Å². The Kier molecular flexibility index (Phi) is 7.04. The minimum absolute atomic E-state index is 0.0187. The maximum absolute atomic E-state index is 15.5. The van der Waals surface area contributed by atoms with Gasteiger partial charge in [0.1, 0.15) is 34.8 Å². The van der Waals surface area contributed by atoms with Gasteiger partial charge in [0.2, 0.25) is 0 Å². The van der Waals surface area contributed by atoms with Gasteiger partial charge in [-0.3, -0.25) is 9.89 Å². The molecule has 2 N–H and O–H groups in total.